The van der Waals surface area contributed by atoms with Crippen LogP contribution in [0.5, 0.6) is 0 Å². The monoisotopic (exact) mass is 214 g/mol. The summed E-state index contributed by atoms with van der Waals surface area (Å²) in [5.74, 6) is -0.856. The molecule has 0 aromatic rings. The fraction of sp³-hybridized carbons (Fsp3) is 0.800. The molecule has 86 valence electrons. The Balaban J connectivity index is 2.56. The maximum Gasteiger partial charge on any atom is 0.303 e. The predicted octanol–water partition coefficient (Wildman–Crippen LogP) is 0.0600. The molecule has 15 heavy (non-hydrogen) atoms. The van der Waals surface area contributed by atoms with Crippen molar-refractivity contribution in [3.8, 4) is 0 Å². The topological polar surface area (TPSA) is 69.6 Å². The van der Waals surface area contributed by atoms with Gasteiger partial charge in [0.2, 0.25) is 5.91 Å². The van der Waals surface area contributed by atoms with Crippen LogP contribution >= 0.6 is 0 Å². The molecule has 0 aromatic heterocycles. The Morgan fingerprint density at radius 2 is 2.33 bits per heavy atom. The Kier molecular flexibility index (Phi) is 4.08. The number of hydrogen-bond donors (Lipinski definition) is 2. The molecule has 2 N–H and O–H groups in total. The van der Waals surface area contributed by atoms with Gasteiger partial charge in [-0.05, 0) is 26.3 Å². The van der Waals surface area contributed by atoms with E-state index in [0.717, 1.165) is 13.0 Å². The molecule has 1 amide bonds. The van der Waals surface area contributed by atoms with Gasteiger partial charge in [-0.25, -0.2) is 0 Å². The van der Waals surface area contributed by atoms with Crippen molar-refractivity contribution >= 4 is 11.9 Å². The van der Waals surface area contributed by atoms with Crippen molar-refractivity contribution in [2.24, 2.45) is 0 Å². The summed E-state index contributed by atoms with van der Waals surface area (Å²) in [5, 5.41) is 11.7. The van der Waals surface area contributed by atoms with Crippen molar-refractivity contribution in [2.45, 2.75) is 38.3 Å². The summed E-state index contributed by atoms with van der Waals surface area (Å²) < 4.78 is 0. The van der Waals surface area contributed by atoms with Gasteiger partial charge >= 0.3 is 5.97 Å². The van der Waals surface area contributed by atoms with Crippen LogP contribution < -0.4 is 5.32 Å². The van der Waals surface area contributed by atoms with Gasteiger partial charge in [0, 0.05) is 19.5 Å². The van der Waals surface area contributed by atoms with Crippen molar-refractivity contribution in [3.63, 3.8) is 0 Å². The van der Waals surface area contributed by atoms with E-state index in [2.05, 4.69) is 5.32 Å². The maximum atomic E-state index is 11.8. The van der Waals surface area contributed by atoms with E-state index in [1.807, 2.05) is 6.92 Å². The zero-order valence-corrected chi connectivity index (χ0v) is 9.19. The summed E-state index contributed by atoms with van der Waals surface area (Å²) in [4.78, 5) is 24.0. The number of carboxylic acid groups (broad SMARTS) is 1. The lowest BCUT2D eigenvalue weighted by atomic mass is 10.1. The number of aliphatic carboxylic acids is 1. The first kappa shape index (κ1) is 12.0. The Morgan fingerprint density at radius 3 is 2.93 bits per heavy atom. The van der Waals surface area contributed by atoms with Crippen LogP contribution in [0.1, 0.15) is 26.2 Å². The molecule has 1 aliphatic heterocycles. The number of hydrogen-bond acceptors (Lipinski definition) is 3. The lowest BCUT2D eigenvalue weighted by molar-refractivity contribution is -0.137. The van der Waals surface area contributed by atoms with Gasteiger partial charge in [-0.2, -0.15) is 0 Å². The molecule has 0 aliphatic carbocycles. The van der Waals surface area contributed by atoms with Gasteiger partial charge in [-0.15, -0.1) is 0 Å². The number of nitrogens with one attached hydrogen (secondary N) is 1. The van der Waals surface area contributed by atoms with Crippen molar-refractivity contribution in [1.82, 2.24) is 10.2 Å². The molecule has 0 radical (unpaired) electrons. The highest BCUT2D eigenvalue weighted by Crippen LogP contribution is 2.11. The highest BCUT2D eigenvalue weighted by molar-refractivity contribution is 5.82. The smallest absolute Gasteiger partial charge is 0.303 e. The van der Waals surface area contributed by atoms with Gasteiger partial charge in [0.25, 0.3) is 0 Å². The summed E-state index contributed by atoms with van der Waals surface area (Å²) in [7, 11) is 1.77. The average Bonchev–Trinajstić information content (AvgIpc) is 2.29. The van der Waals surface area contributed by atoms with E-state index in [4.69, 9.17) is 5.11 Å². The molecule has 1 heterocycles. The van der Waals surface area contributed by atoms with Crippen LogP contribution in [-0.2, 0) is 9.59 Å². The highest BCUT2D eigenvalue weighted by atomic mass is 16.4. The molecule has 1 rings (SSSR count). The van der Waals surface area contributed by atoms with Gasteiger partial charge in [-0.1, -0.05) is 0 Å². The SMILES string of the molecule is CC1CCNC(CCC(=O)O)C(=O)N1C. The molecule has 0 saturated carbocycles. The molecular formula is C10H18N2O3. The van der Waals surface area contributed by atoms with Crippen LogP contribution in [0.3, 0.4) is 0 Å². The van der Waals surface area contributed by atoms with Crippen molar-refractivity contribution in [2.75, 3.05) is 13.6 Å². The minimum Gasteiger partial charge on any atom is -0.481 e. The molecule has 5 heteroatoms. The van der Waals surface area contributed by atoms with Crippen molar-refractivity contribution in [1.29, 1.82) is 0 Å². The molecule has 0 spiro atoms. The Bertz CT molecular complexity index is 255. The van der Waals surface area contributed by atoms with E-state index < -0.39 is 5.97 Å². The second kappa shape index (κ2) is 5.11. The number of carbonyl (C=O) groups is 2. The number of nitrogens with zero attached hydrogens (tertiary/aromatic N) is 1. The molecule has 1 saturated heterocycles. The lowest BCUT2D eigenvalue weighted by Crippen LogP contribution is -2.44. The van der Waals surface area contributed by atoms with E-state index in [-0.39, 0.29) is 24.4 Å². The Morgan fingerprint density at radius 1 is 1.67 bits per heavy atom. The van der Waals surface area contributed by atoms with Crippen molar-refractivity contribution in [3.05, 3.63) is 0 Å². The first-order valence-electron chi connectivity index (χ1n) is 5.24. The van der Waals surface area contributed by atoms with Crippen LogP contribution in [0.15, 0.2) is 0 Å². The first-order chi connectivity index (χ1) is 7.02. The molecular weight excluding hydrogens is 196 g/mol. The average molecular weight is 214 g/mol. The highest BCUT2D eigenvalue weighted by Gasteiger charge is 2.27. The molecule has 0 aromatic carbocycles. The molecule has 2 unspecified atom stereocenters. The number of amides is 1. The van der Waals surface area contributed by atoms with Crippen LogP contribution in [-0.4, -0.2) is 47.6 Å². The minimum atomic E-state index is -0.857. The zero-order valence-electron chi connectivity index (χ0n) is 9.19. The van der Waals surface area contributed by atoms with Gasteiger partial charge in [0.15, 0.2) is 0 Å². The van der Waals surface area contributed by atoms with Gasteiger partial charge < -0.3 is 15.3 Å². The summed E-state index contributed by atoms with van der Waals surface area (Å²) in [6, 6.07) is -0.115. The summed E-state index contributed by atoms with van der Waals surface area (Å²) in [6.45, 7) is 2.76. The molecule has 2 atom stereocenters. The van der Waals surface area contributed by atoms with E-state index in [1.165, 1.54) is 0 Å². The summed E-state index contributed by atoms with van der Waals surface area (Å²) in [5.41, 5.74) is 0. The Hall–Kier alpha value is -1.10. The largest absolute Gasteiger partial charge is 0.481 e. The third kappa shape index (κ3) is 3.20. The minimum absolute atomic E-state index is 0.00116. The van der Waals surface area contributed by atoms with E-state index >= 15 is 0 Å². The number of likely N-dealkylation sites (N-methyl/N-ethyl adjacent to an activating group) is 1. The van der Waals surface area contributed by atoms with Crippen LogP contribution in [0, 0.1) is 0 Å². The number of carboxylic acids is 1. The Labute approximate surface area is 89.4 Å². The third-order valence-electron chi connectivity index (χ3n) is 2.91. The molecule has 0 bridgehead atoms. The van der Waals surface area contributed by atoms with Gasteiger partial charge in [-0.3, -0.25) is 9.59 Å². The summed E-state index contributed by atoms with van der Waals surface area (Å²) in [6.07, 6.45) is 1.31. The maximum absolute atomic E-state index is 11.8. The van der Waals surface area contributed by atoms with E-state index in [1.54, 1.807) is 11.9 Å². The molecule has 1 aliphatic rings. The third-order valence-corrected chi connectivity index (χ3v) is 2.91. The number of carbonyl (C=O) groups excluding carboxylic acids is 1. The second-order valence-corrected chi connectivity index (χ2v) is 4.03. The normalized spacial score (nSPS) is 27.6. The fourth-order valence-electron chi connectivity index (χ4n) is 1.70. The standard InChI is InChI=1S/C10H18N2O3/c1-7-5-6-11-8(3-4-9(13)14)10(15)12(7)2/h7-8,11H,3-6H2,1-2H3,(H,13,14). The van der Waals surface area contributed by atoms with Crippen LogP contribution in [0.4, 0.5) is 0 Å². The summed E-state index contributed by atoms with van der Waals surface area (Å²) >= 11 is 0. The second-order valence-electron chi connectivity index (χ2n) is 4.03. The van der Waals surface area contributed by atoms with E-state index in [0.29, 0.717) is 6.42 Å². The van der Waals surface area contributed by atoms with Crippen LogP contribution in [0.25, 0.3) is 0 Å². The predicted molar refractivity (Wildman–Crippen MR) is 55.5 cm³/mol. The first-order valence-corrected chi connectivity index (χ1v) is 5.24. The molecule has 1 fully saturated rings. The van der Waals surface area contributed by atoms with E-state index in [9.17, 15) is 9.59 Å². The zero-order chi connectivity index (χ0) is 11.4. The van der Waals surface area contributed by atoms with Gasteiger partial charge in [0.1, 0.15) is 0 Å². The lowest BCUT2D eigenvalue weighted by Gasteiger charge is -2.24. The number of rotatable bonds is 3. The van der Waals surface area contributed by atoms with Crippen molar-refractivity contribution < 1.29 is 14.7 Å². The van der Waals surface area contributed by atoms with Crippen LogP contribution in [0.2, 0.25) is 0 Å². The quantitative estimate of drug-likeness (QED) is 0.697. The fourth-order valence-corrected chi connectivity index (χ4v) is 1.70. The van der Waals surface area contributed by atoms with Gasteiger partial charge in [0.05, 0.1) is 6.04 Å². The molecule has 5 nitrogen and oxygen atoms in total.